The molecule has 0 aliphatic carbocycles. The monoisotopic (exact) mass is 629 g/mol. The van der Waals surface area contributed by atoms with Crippen LogP contribution in [0.1, 0.15) is 57.0 Å². The smallest absolute Gasteiger partial charge is 0.339 e. The minimum atomic E-state index is -0.919. The third kappa shape index (κ3) is 5.92. The van der Waals surface area contributed by atoms with Crippen LogP contribution in [-0.2, 0) is 26.1 Å². The number of aryl methyl sites for hydroxylation is 2. The molecule has 0 saturated carbocycles. The van der Waals surface area contributed by atoms with Crippen LogP contribution >= 0.6 is 22.9 Å². The van der Waals surface area contributed by atoms with E-state index in [0.29, 0.717) is 18.2 Å². The molecular weight excluding hydrogens is 594 g/mol. The van der Waals surface area contributed by atoms with Crippen LogP contribution < -0.4 is 0 Å². The fourth-order valence-corrected chi connectivity index (χ4v) is 7.00. The zero-order chi connectivity index (χ0) is 31.2. The maximum atomic E-state index is 13.5. The molecule has 0 amide bonds. The average Bonchev–Trinajstić information content (AvgIpc) is 3.56. The number of carbonyl (C=O) groups excluding carboxylic acids is 1. The van der Waals surface area contributed by atoms with E-state index in [1.165, 1.54) is 5.57 Å². The Kier molecular flexibility index (Phi) is 8.37. The van der Waals surface area contributed by atoms with Gasteiger partial charge in [0.2, 0.25) is 0 Å². The molecule has 0 spiro atoms. The van der Waals surface area contributed by atoms with Crippen LogP contribution in [0.4, 0.5) is 0 Å². The number of halogens is 1. The zero-order valence-corrected chi connectivity index (χ0v) is 27.4. The number of aromatic nitrogens is 3. The van der Waals surface area contributed by atoms with Crippen molar-refractivity contribution in [2.75, 3.05) is 19.8 Å². The second-order valence-corrected chi connectivity index (χ2v) is 13.4. The van der Waals surface area contributed by atoms with Gasteiger partial charge in [-0.15, -0.1) is 11.3 Å². The van der Waals surface area contributed by atoms with Crippen LogP contribution in [0.25, 0.3) is 48.4 Å². The summed E-state index contributed by atoms with van der Waals surface area (Å²) < 4.78 is 20.4. The van der Waals surface area contributed by atoms with Crippen molar-refractivity contribution in [3.8, 4) is 21.7 Å². The minimum absolute atomic E-state index is 0.258. The van der Waals surface area contributed by atoms with Crippen molar-refractivity contribution >= 4 is 55.6 Å². The summed E-state index contributed by atoms with van der Waals surface area (Å²) in [6, 6.07) is 16.1. The van der Waals surface area contributed by atoms with Crippen molar-refractivity contribution in [1.29, 1.82) is 0 Å². The SMILES string of the molecule is CCOC(=O)[C@@H](OC(C)(C)C)c1c(C)cc2nc(-c3ccc4c(c3)c(C3=CCOCC3)nn4C)sc2c1-c1ccc(Cl)cc1. The number of ether oxygens (including phenoxy) is 3. The number of fused-ring (bicyclic) bond motifs is 2. The van der Waals surface area contributed by atoms with Gasteiger partial charge >= 0.3 is 5.97 Å². The summed E-state index contributed by atoms with van der Waals surface area (Å²) in [7, 11) is 1.98. The van der Waals surface area contributed by atoms with Crippen LogP contribution in [0.2, 0.25) is 5.02 Å². The molecule has 6 rings (SSSR count). The lowest BCUT2D eigenvalue weighted by Gasteiger charge is -2.29. The Hall–Kier alpha value is -3.56. The number of thiazole rings is 1. The molecule has 228 valence electrons. The Morgan fingerprint density at radius 1 is 1.14 bits per heavy atom. The molecular formula is C35H36ClN3O4S. The normalized spacial score (nSPS) is 14.7. The molecule has 9 heteroatoms. The number of hydrogen-bond acceptors (Lipinski definition) is 7. The quantitative estimate of drug-likeness (QED) is 0.168. The molecule has 1 aliphatic rings. The zero-order valence-electron chi connectivity index (χ0n) is 25.9. The van der Waals surface area contributed by atoms with Gasteiger partial charge in [-0.2, -0.15) is 5.10 Å². The largest absolute Gasteiger partial charge is 0.464 e. The lowest BCUT2D eigenvalue weighted by atomic mass is 9.91. The molecule has 0 radical (unpaired) electrons. The number of rotatable bonds is 7. The summed E-state index contributed by atoms with van der Waals surface area (Å²) in [5.41, 5.74) is 8.04. The van der Waals surface area contributed by atoms with Crippen LogP contribution in [-0.4, -0.2) is 46.2 Å². The second-order valence-electron chi connectivity index (χ2n) is 12.0. The molecule has 44 heavy (non-hydrogen) atoms. The summed E-state index contributed by atoms with van der Waals surface area (Å²) in [4.78, 5) is 18.6. The molecule has 1 aliphatic heterocycles. The lowest BCUT2D eigenvalue weighted by Crippen LogP contribution is -2.29. The van der Waals surface area contributed by atoms with Crippen LogP contribution in [0.5, 0.6) is 0 Å². The lowest BCUT2D eigenvalue weighted by molar-refractivity contribution is -0.166. The minimum Gasteiger partial charge on any atom is -0.464 e. The van der Waals surface area contributed by atoms with Crippen molar-refractivity contribution in [2.24, 2.45) is 7.05 Å². The summed E-state index contributed by atoms with van der Waals surface area (Å²) >= 11 is 7.91. The first kappa shape index (κ1) is 30.5. The third-order valence-electron chi connectivity index (χ3n) is 7.66. The van der Waals surface area contributed by atoms with Gasteiger partial charge in [-0.1, -0.05) is 29.8 Å². The molecule has 0 N–H and O–H groups in total. The van der Waals surface area contributed by atoms with E-state index in [2.05, 4.69) is 24.3 Å². The van der Waals surface area contributed by atoms with E-state index < -0.39 is 17.7 Å². The summed E-state index contributed by atoms with van der Waals surface area (Å²) in [5, 5.41) is 7.47. The predicted octanol–water partition coefficient (Wildman–Crippen LogP) is 8.70. The van der Waals surface area contributed by atoms with Crippen LogP contribution in [0.15, 0.2) is 54.6 Å². The van der Waals surface area contributed by atoms with Crippen molar-refractivity contribution in [3.05, 3.63) is 76.5 Å². The highest BCUT2D eigenvalue weighted by atomic mass is 35.5. The van der Waals surface area contributed by atoms with Crippen LogP contribution in [0, 0.1) is 6.92 Å². The maximum Gasteiger partial charge on any atom is 0.339 e. The van der Waals surface area contributed by atoms with E-state index in [4.69, 9.17) is 35.9 Å². The molecule has 0 bridgehead atoms. The molecule has 1 atom stereocenters. The number of esters is 1. The first-order chi connectivity index (χ1) is 21.0. The molecule has 0 fully saturated rings. The fraction of sp³-hybridized carbons (Fsp3) is 0.343. The molecule has 5 aromatic rings. The van der Waals surface area contributed by atoms with Gasteiger partial charge in [0.15, 0.2) is 6.10 Å². The second kappa shape index (κ2) is 12.1. The highest BCUT2D eigenvalue weighted by Gasteiger charge is 2.33. The van der Waals surface area contributed by atoms with Gasteiger partial charge in [0.1, 0.15) is 5.01 Å². The van der Waals surface area contributed by atoms with Gasteiger partial charge in [0.05, 0.1) is 46.8 Å². The fourth-order valence-electron chi connectivity index (χ4n) is 5.75. The first-order valence-electron chi connectivity index (χ1n) is 14.8. The van der Waals surface area contributed by atoms with Crippen LogP contribution in [0.3, 0.4) is 0 Å². The van der Waals surface area contributed by atoms with E-state index in [1.54, 1.807) is 18.3 Å². The van der Waals surface area contributed by atoms with E-state index in [9.17, 15) is 4.79 Å². The maximum absolute atomic E-state index is 13.5. The van der Waals surface area contributed by atoms with E-state index in [1.807, 2.05) is 69.8 Å². The highest BCUT2D eigenvalue weighted by Crippen LogP contribution is 2.45. The Bertz CT molecular complexity index is 1900. The number of nitrogens with zero attached hydrogens (tertiary/aromatic N) is 3. The Balaban J connectivity index is 1.57. The van der Waals surface area contributed by atoms with Gasteiger partial charge in [-0.25, -0.2) is 9.78 Å². The van der Waals surface area contributed by atoms with Crippen molar-refractivity contribution in [3.63, 3.8) is 0 Å². The van der Waals surface area contributed by atoms with Gasteiger partial charge in [0, 0.05) is 34.1 Å². The Labute approximate surface area is 266 Å². The van der Waals surface area contributed by atoms with Gasteiger partial charge < -0.3 is 14.2 Å². The van der Waals surface area contributed by atoms with Crippen molar-refractivity contribution < 1.29 is 19.0 Å². The number of carbonyl (C=O) groups is 1. The molecule has 3 aromatic carbocycles. The van der Waals surface area contributed by atoms with Gasteiger partial charge in [-0.05, 0) is 94.1 Å². The summed E-state index contributed by atoms with van der Waals surface area (Å²) in [6.45, 7) is 11.2. The van der Waals surface area contributed by atoms with E-state index in [-0.39, 0.29) is 6.61 Å². The first-order valence-corrected chi connectivity index (χ1v) is 16.0. The Morgan fingerprint density at radius 2 is 1.89 bits per heavy atom. The number of hydrogen-bond donors (Lipinski definition) is 0. The summed E-state index contributed by atoms with van der Waals surface area (Å²) in [6.07, 6.45) is 2.04. The van der Waals surface area contributed by atoms with Crippen molar-refractivity contribution in [1.82, 2.24) is 14.8 Å². The molecule has 2 aromatic heterocycles. The summed E-state index contributed by atoms with van der Waals surface area (Å²) in [5.74, 6) is -0.415. The molecule has 3 heterocycles. The number of benzene rings is 3. The molecule has 7 nitrogen and oxygen atoms in total. The Morgan fingerprint density at radius 3 is 2.57 bits per heavy atom. The van der Waals surface area contributed by atoms with Gasteiger partial charge in [-0.3, -0.25) is 4.68 Å². The van der Waals surface area contributed by atoms with Gasteiger partial charge in [0.25, 0.3) is 0 Å². The predicted molar refractivity (Wildman–Crippen MR) is 178 cm³/mol. The standard InChI is InChI=1S/C35H36ClN3O4S/c1-7-42-34(40)31(43-35(3,4)5)28-20(2)18-26-32(29(28)21-8-11-24(36)12-9-21)44-33(37-26)23-10-13-27-25(19-23)30(38-39(27)6)22-14-16-41-17-15-22/h8-14,18-19,31H,7,15-17H2,1-6H3/t31-/m0/s1. The van der Waals surface area contributed by atoms with Crippen molar-refractivity contribution in [2.45, 2.75) is 52.7 Å². The molecule has 0 unspecified atom stereocenters. The third-order valence-corrected chi connectivity index (χ3v) is 9.05. The van der Waals surface area contributed by atoms with E-state index >= 15 is 0 Å². The average molecular weight is 630 g/mol. The highest BCUT2D eigenvalue weighted by molar-refractivity contribution is 7.22. The molecule has 0 saturated heterocycles. The van der Waals surface area contributed by atoms with E-state index in [0.717, 1.165) is 66.1 Å². The topological polar surface area (TPSA) is 75.5 Å².